The number of alkyl halides is 1. The average Bonchev–Trinajstić information content (AvgIpc) is 2.30. The summed E-state index contributed by atoms with van der Waals surface area (Å²) < 4.78 is 9.89. The second-order valence-corrected chi connectivity index (χ2v) is 3.06. The zero-order valence-electron chi connectivity index (χ0n) is 6.11. The molecule has 0 spiro atoms. The average molecular weight is 227 g/mol. The predicted octanol–water partition coefficient (Wildman–Crippen LogP) is -0.526. The van der Waals surface area contributed by atoms with Gasteiger partial charge in [-0.1, -0.05) is 15.9 Å². The maximum absolute atomic E-state index is 9.27. The summed E-state index contributed by atoms with van der Waals surface area (Å²) in [6.07, 6.45) is -2.88. The molecule has 1 aliphatic heterocycles. The third kappa shape index (κ3) is 1.73. The van der Waals surface area contributed by atoms with Gasteiger partial charge in [-0.05, 0) is 0 Å². The Morgan fingerprint density at radius 3 is 2.36 bits per heavy atom. The van der Waals surface area contributed by atoms with E-state index in [1.54, 1.807) is 0 Å². The van der Waals surface area contributed by atoms with Crippen molar-refractivity contribution in [2.24, 2.45) is 0 Å². The third-order valence-corrected chi connectivity index (χ3v) is 2.34. The fourth-order valence-corrected chi connectivity index (χ4v) is 1.57. The SMILES string of the molecule is COC1OC(CBr)C(O)C1O. The molecule has 0 bridgehead atoms. The zero-order chi connectivity index (χ0) is 8.43. The van der Waals surface area contributed by atoms with Crippen molar-refractivity contribution in [2.75, 3.05) is 12.4 Å². The highest BCUT2D eigenvalue weighted by Gasteiger charge is 2.42. The lowest BCUT2D eigenvalue weighted by Crippen LogP contribution is -2.33. The maximum Gasteiger partial charge on any atom is 0.186 e. The first kappa shape index (κ1) is 9.41. The molecule has 1 saturated heterocycles. The van der Waals surface area contributed by atoms with Crippen molar-refractivity contribution >= 4 is 15.9 Å². The molecular formula is C6H11BrO4. The Balaban J connectivity index is 2.53. The van der Waals surface area contributed by atoms with Gasteiger partial charge in [0.2, 0.25) is 0 Å². The van der Waals surface area contributed by atoms with E-state index in [4.69, 9.17) is 9.47 Å². The van der Waals surface area contributed by atoms with Gasteiger partial charge in [0.1, 0.15) is 12.2 Å². The van der Waals surface area contributed by atoms with Crippen molar-refractivity contribution in [1.82, 2.24) is 0 Å². The second-order valence-electron chi connectivity index (χ2n) is 2.41. The van der Waals surface area contributed by atoms with Crippen LogP contribution in [-0.2, 0) is 9.47 Å². The summed E-state index contributed by atoms with van der Waals surface area (Å²) in [5, 5.41) is 19.0. The van der Waals surface area contributed by atoms with E-state index in [9.17, 15) is 10.2 Å². The summed E-state index contributed by atoms with van der Waals surface area (Å²) in [6.45, 7) is 0. The molecule has 5 heteroatoms. The van der Waals surface area contributed by atoms with Crippen molar-refractivity contribution in [2.45, 2.75) is 24.6 Å². The van der Waals surface area contributed by atoms with Gasteiger partial charge >= 0.3 is 0 Å². The van der Waals surface area contributed by atoms with Gasteiger partial charge in [0.05, 0.1) is 6.10 Å². The van der Waals surface area contributed by atoms with Crippen LogP contribution in [0.25, 0.3) is 0 Å². The molecule has 0 amide bonds. The zero-order valence-corrected chi connectivity index (χ0v) is 7.69. The lowest BCUT2D eigenvalue weighted by atomic mass is 10.2. The molecule has 11 heavy (non-hydrogen) atoms. The van der Waals surface area contributed by atoms with Crippen molar-refractivity contribution in [1.29, 1.82) is 0 Å². The molecule has 1 heterocycles. The molecule has 0 radical (unpaired) electrons. The Morgan fingerprint density at radius 1 is 1.45 bits per heavy atom. The molecule has 1 aliphatic rings. The number of hydrogen-bond donors (Lipinski definition) is 2. The molecule has 2 N–H and O–H groups in total. The molecule has 0 saturated carbocycles. The minimum absolute atomic E-state index is 0.380. The molecule has 0 aromatic heterocycles. The molecule has 1 fully saturated rings. The van der Waals surface area contributed by atoms with Crippen LogP contribution in [0.4, 0.5) is 0 Å². The topological polar surface area (TPSA) is 58.9 Å². The molecule has 0 aliphatic carbocycles. The number of ether oxygens (including phenoxy) is 2. The monoisotopic (exact) mass is 226 g/mol. The van der Waals surface area contributed by atoms with Gasteiger partial charge in [-0.3, -0.25) is 0 Å². The summed E-state index contributed by atoms with van der Waals surface area (Å²) >= 11 is 3.15. The summed E-state index contributed by atoms with van der Waals surface area (Å²) in [5.74, 6) is 0. The van der Waals surface area contributed by atoms with Gasteiger partial charge in [-0.2, -0.15) is 0 Å². The van der Waals surface area contributed by atoms with E-state index < -0.39 is 18.5 Å². The number of aliphatic hydroxyl groups is 2. The van der Waals surface area contributed by atoms with Crippen molar-refractivity contribution in [3.05, 3.63) is 0 Å². The lowest BCUT2D eigenvalue weighted by molar-refractivity contribution is -0.145. The highest BCUT2D eigenvalue weighted by molar-refractivity contribution is 9.09. The van der Waals surface area contributed by atoms with Gasteiger partial charge in [-0.15, -0.1) is 0 Å². The molecule has 4 atom stereocenters. The number of halogens is 1. The molecular weight excluding hydrogens is 216 g/mol. The largest absolute Gasteiger partial charge is 0.387 e. The van der Waals surface area contributed by atoms with Crippen LogP contribution in [0.2, 0.25) is 0 Å². The number of methoxy groups -OCH3 is 1. The van der Waals surface area contributed by atoms with E-state index >= 15 is 0 Å². The lowest BCUT2D eigenvalue weighted by Gasteiger charge is -2.11. The normalized spacial score (nSPS) is 44.7. The first-order valence-electron chi connectivity index (χ1n) is 3.31. The molecule has 4 unspecified atom stereocenters. The molecule has 66 valence electrons. The Labute approximate surface area is 73.2 Å². The Hall–Kier alpha value is 0.320. The van der Waals surface area contributed by atoms with Crippen LogP contribution < -0.4 is 0 Å². The summed E-state index contributed by atoms with van der Waals surface area (Å²) in [7, 11) is 1.43. The van der Waals surface area contributed by atoms with Gasteiger partial charge < -0.3 is 19.7 Å². The maximum atomic E-state index is 9.27. The Morgan fingerprint density at radius 2 is 2.09 bits per heavy atom. The van der Waals surface area contributed by atoms with Crippen molar-refractivity contribution in [3.63, 3.8) is 0 Å². The molecule has 1 rings (SSSR count). The van der Waals surface area contributed by atoms with Crippen molar-refractivity contribution < 1.29 is 19.7 Å². The van der Waals surface area contributed by atoms with Crippen molar-refractivity contribution in [3.8, 4) is 0 Å². The minimum atomic E-state index is -0.942. The van der Waals surface area contributed by atoms with E-state index in [0.717, 1.165) is 0 Å². The van der Waals surface area contributed by atoms with Gasteiger partial charge in [0.25, 0.3) is 0 Å². The van der Waals surface area contributed by atoms with E-state index in [1.807, 2.05) is 0 Å². The minimum Gasteiger partial charge on any atom is -0.387 e. The van der Waals surface area contributed by atoms with Gasteiger partial charge in [0.15, 0.2) is 6.29 Å². The van der Waals surface area contributed by atoms with E-state index in [1.165, 1.54) is 7.11 Å². The van der Waals surface area contributed by atoms with Gasteiger partial charge in [-0.25, -0.2) is 0 Å². The summed E-state index contributed by atoms with van der Waals surface area (Å²) in [6, 6.07) is 0. The van der Waals surface area contributed by atoms with E-state index in [2.05, 4.69) is 15.9 Å². The van der Waals surface area contributed by atoms with Crippen LogP contribution in [0.1, 0.15) is 0 Å². The van der Waals surface area contributed by atoms with Gasteiger partial charge in [0, 0.05) is 12.4 Å². The summed E-state index contributed by atoms with van der Waals surface area (Å²) in [4.78, 5) is 0. The molecule has 0 aromatic rings. The van der Waals surface area contributed by atoms with Crippen LogP contribution in [0, 0.1) is 0 Å². The quantitative estimate of drug-likeness (QED) is 0.623. The fourth-order valence-electron chi connectivity index (χ4n) is 1.04. The molecule has 4 nitrogen and oxygen atoms in total. The smallest absolute Gasteiger partial charge is 0.186 e. The third-order valence-electron chi connectivity index (χ3n) is 1.70. The second kappa shape index (κ2) is 3.82. The first-order valence-corrected chi connectivity index (χ1v) is 4.43. The van der Waals surface area contributed by atoms with Crippen LogP contribution in [0.5, 0.6) is 0 Å². The first-order chi connectivity index (χ1) is 5.20. The number of hydrogen-bond acceptors (Lipinski definition) is 4. The molecule has 0 aromatic carbocycles. The number of aliphatic hydroxyl groups excluding tert-OH is 2. The fraction of sp³-hybridized carbons (Fsp3) is 1.00. The van der Waals surface area contributed by atoms with Crippen LogP contribution in [0.15, 0.2) is 0 Å². The van der Waals surface area contributed by atoms with Crippen LogP contribution in [0.3, 0.4) is 0 Å². The summed E-state index contributed by atoms with van der Waals surface area (Å²) in [5.41, 5.74) is 0. The number of rotatable bonds is 2. The Kier molecular flexibility index (Phi) is 3.27. The van der Waals surface area contributed by atoms with E-state index in [-0.39, 0.29) is 6.10 Å². The van der Waals surface area contributed by atoms with Crippen LogP contribution in [-0.4, -0.2) is 47.3 Å². The van der Waals surface area contributed by atoms with E-state index in [0.29, 0.717) is 5.33 Å². The Bertz CT molecular complexity index is 114. The van der Waals surface area contributed by atoms with Crippen LogP contribution >= 0.6 is 15.9 Å². The standard InChI is InChI=1S/C6H11BrO4/c1-10-6-5(9)4(8)3(2-7)11-6/h3-6,8-9H,2H2,1H3. The highest BCUT2D eigenvalue weighted by atomic mass is 79.9. The predicted molar refractivity (Wildman–Crippen MR) is 41.5 cm³/mol. The highest BCUT2D eigenvalue weighted by Crippen LogP contribution is 2.22.